The summed E-state index contributed by atoms with van der Waals surface area (Å²) in [6.45, 7) is 3.10. The zero-order valence-electron chi connectivity index (χ0n) is 8.98. The Morgan fingerprint density at radius 2 is 2.13 bits per heavy atom. The van der Waals surface area contributed by atoms with Gasteiger partial charge in [-0.3, -0.25) is 0 Å². The minimum Gasteiger partial charge on any atom is -0.301 e. The van der Waals surface area contributed by atoms with Crippen LogP contribution < -0.4 is 5.32 Å². The standard InChI is InChI=1S/C13H16N2/c1-2-11-12(9-15-13(11)8-14)10-6-4-3-5-7-10/h3-7,11-13,15H,2,9H2,1H3/t11-,12-,13-/m1/s1. The first-order valence-corrected chi connectivity index (χ1v) is 5.54. The molecule has 2 nitrogen and oxygen atoms in total. The minimum absolute atomic E-state index is 0.0280. The largest absolute Gasteiger partial charge is 0.301 e. The van der Waals surface area contributed by atoms with Gasteiger partial charge >= 0.3 is 0 Å². The molecule has 0 spiro atoms. The predicted molar refractivity (Wildman–Crippen MR) is 60.4 cm³/mol. The molecule has 0 saturated carbocycles. The molecule has 78 valence electrons. The van der Waals surface area contributed by atoms with Gasteiger partial charge in [0.05, 0.1) is 12.1 Å². The van der Waals surface area contributed by atoms with Gasteiger partial charge in [-0.25, -0.2) is 0 Å². The quantitative estimate of drug-likeness (QED) is 0.795. The Bertz CT molecular complexity index is 353. The van der Waals surface area contributed by atoms with Gasteiger partial charge in [0.1, 0.15) is 0 Å². The molecule has 1 heterocycles. The van der Waals surface area contributed by atoms with Crippen molar-refractivity contribution in [2.75, 3.05) is 6.54 Å². The van der Waals surface area contributed by atoms with E-state index in [1.165, 1.54) is 5.56 Å². The van der Waals surface area contributed by atoms with Crippen LogP contribution in [0, 0.1) is 17.2 Å². The summed E-state index contributed by atoms with van der Waals surface area (Å²) in [5, 5.41) is 12.3. The molecule has 1 saturated heterocycles. The average molecular weight is 200 g/mol. The molecule has 1 aliphatic heterocycles. The number of benzene rings is 1. The van der Waals surface area contributed by atoms with Crippen molar-refractivity contribution in [3.05, 3.63) is 35.9 Å². The highest BCUT2D eigenvalue weighted by Crippen LogP contribution is 2.33. The van der Waals surface area contributed by atoms with Crippen LogP contribution in [0.25, 0.3) is 0 Å². The van der Waals surface area contributed by atoms with Crippen molar-refractivity contribution in [1.82, 2.24) is 5.32 Å². The van der Waals surface area contributed by atoms with Crippen molar-refractivity contribution in [2.24, 2.45) is 5.92 Å². The summed E-state index contributed by atoms with van der Waals surface area (Å²) in [6.07, 6.45) is 1.06. The van der Waals surface area contributed by atoms with Gasteiger partial charge in [-0.15, -0.1) is 0 Å². The van der Waals surface area contributed by atoms with E-state index in [9.17, 15) is 0 Å². The third-order valence-corrected chi connectivity index (χ3v) is 3.34. The second-order valence-electron chi connectivity index (χ2n) is 4.10. The molecule has 0 unspecified atom stereocenters. The lowest BCUT2D eigenvalue weighted by Crippen LogP contribution is -2.24. The maximum Gasteiger partial charge on any atom is 0.0987 e. The Kier molecular flexibility index (Phi) is 3.03. The van der Waals surface area contributed by atoms with Crippen LogP contribution in [0.5, 0.6) is 0 Å². The number of nitrogens with one attached hydrogen (secondary N) is 1. The van der Waals surface area contributed by atoms with E-state index in [1.54, 1.807) is 0 Å². The van der Waals surface area contributed by atoms with Gasteiger partial charge in [0.25, 0.3) is 0 Å². The molecule has 15 heavy (non-hydrogen) atoms. The average Bonchev–Trinajstić information content (AvgIpc) is 2.72. The Morgan fingerprint density at radius 3 is 2.73 bits per heavy atom. The second kappa shape index (κ2) is 4.46. The van der Waals surface area contributed by atoms with Gasteiger partial charge in [0.15, 0.2) is 0 Å². The first-order chi connectivity index (χ1) is 7.36. The first kappa shape index (κ1) is 10.2. The van der Waals surface area contributed by atoms with Gasteiger partial charge < -0.3 is 5.32 Å². The molecule has 0 aliphatic carbocycles. The molecule has 0 aromatic heterocycles. The number of rotatable bonds is 2. The van der Waals surface area contributed by atoms with E-state index in [0.29, 0.717) is 11.8 Å². The molecular weight excluding hydrogens is 184 g/mol. The molecule has 2 rings (SSSR count). The lowest BCUT2D eigenvalue weighted by molar-refractivity contribution is 0.459. The summed E-state index contributed by atoms with van der Waals surface area (Å²) in [6, 6.07) is 12.9. The number of nitriles is 1. The topological polar surface area (TPSA) is 35.8 Å². The van der Waals surface area contributed by atoms with E-state index in [0.717, 1.165) is 13.0 Å². The van der Waals surface area contributed by atoms with Crippen LogP contribution in [0.4, 0.5) is 0 Å². The van der Waals surface area contributed by atoms with Crippen LogP contribution in [-0.2, 0) is 0 Å². The van der Waals surface area contributed by atoms with Gasteiger partial charge in [0.2, 0.25) is 0 Å². The fourth-order valence-electron chi connectivity index (χ4n) is 2.52. The first-order valence-electron chi connectivity index (χ1n) is 5.54. The van der Waals surface area contributed by atoms with Crippen LogP contribution in [0.1, 0.15) is 24.8 Å². The van der Waals surface area contributed by atoms with Crippen molar-refractivity contribution < 1.29 is 0 Å². The number of hydrogen-bond donors (Lipinski definition) is 1. The Morgan fingerprint density at radius 1 is 1.40 bits per heavy atom. The van der Waals surface area contributed by atoms with Crippen LogP contribution in [0.2, 0.25) is 0 Å². The normalized spacial score (nSPS) is 30.0. The smallest absolute Gasteiger partial charge is 0.0987 e. The molecule has 1 aromatic rings. The third kappa shape index (κ3) is 1.88. The van der Waals surface area contributed by atoms with E-state index >= 15 is 0 Å². The third-order valence-electron chi connectivity index (χ3n) is 3.34. The van der Waals surface area contributed by atoms with E-state index in [4.69, 9.17) is 5.26 Å². The minimum atomic E-state index is 0.0280. The molecule has 1 fully saturated rings. The van der Waals surface area contributed by atoms with Gasteiger partial charge in [-0.05, 0) is 11.5 Å². The highest BCUT2D eigenvalue weighted by Gasteiger charge is 2.35. The van der Waals surface area contributed by atoms with Gasteiger partial charge in [-0.1, -0.05) is 43.7 Å². The van der Waals surface area contributed by atoms with Crippen molar-refractivity contribution in [3.63, 3.8) is 0 Å². The molecule has 1 N–H and O–H groups in total. The highest BCUT2D eigenvalue weighted by atomic mass is 15.0. The predicted octanol–water partition coefficient (Wildman–Crippen LogP) is 2.29. The summed E-state index contributed by atoms with van der Waals surface area (Å²) < 4.78 is 0. The second-order valence-corrected chi connectivity index (χ2v) is 4.10. The van der Waals surface area contributed by atoms with E-state index in [-0.39, 0.29) is 6.04 Å². The molecule has 2 heteroatoms. The lowest BCUT2D eigenvalue weighted by Gasteiger charge is -2.18. The van der Waals surface area contributed by atoms with Crippen LogP contribution in [0.3, 0.4) is 0 Å². The zero-order valence-corrected chi connectivity index (χ0v) is 8.98. The van der Waals surface area contributed by atoms with E-state index in [2.05, 4.69) is 42.6 Å². The summed E-state index contributed by atoms with van der Waals surface area (Å²) >= 11 is 0. The van der Waals surface area contributed by atoms with Crippen LogP contribution >= 0.6 is 0 Å². The Labute approximate surface area is 90.9 Å². The summed E-state index contributed by atoms with van der Waals surface area (Å²) in [5.74, 6) is 0.957. The molecule has 3 atom stereocenters. The van der Waals surface area contributed by atoms with E-state index in [1.807, 2.05) is 6.07 Å². The fourth-order valence-corrected chi connectivity index (χ4v) is 2.52. The molecular formula is C13H16N2. The molecule has 0 radical (unpaired) electrons. The van der Waals surface area contributed by atoms with Crippen LogP contribution in [-0.4, -0.2) is 12.6 Å². The molecule has 1 aliphatic rings. The molecule has 0 amide bonds. The van der Waals surface area contributed by atoms with E-state index < -0.39 is 0 Å². The summed E-state index contributed by atoms with van der Waals surface area (Å²) in [7, 11) is 0. The van der Waals surface area contributed by atoms with Gasteiger partial charge in [0, 0.05) is 12.5 Å². The highest BCUT2D eigenvalue weighted by molar-refractivity contribution is 5.24. The van der Waals surface area contributed by atoms with Crippen molar-refractivity contribution in [2.45, 2.75) is 25.3 Å². The number of nitrogens with zero attached hydrogens (tertiary/aromatic N) is 1. The van der Waals surface area contributed by atoms with Gasteiger partial charge in [-0.2, -0.15) is 5.26 Å². The van der Waals surface area contributed by atoms with Crippen LogP contribution in [0.15, 0.2) is 30.3 Å². The fraction of sp³-hybridized carbons (Fsp3) is 0.462. The maximum absolute atomic E-state index is 9.02. The summed E-state index contributed by atoms with van der Waals surface area (Å²) in [4.78, 5) is 0. The van der Waals surface area contributed by atoms with Crippen molar-refractivity contribution in [3.8, 4) is 6.07 Å². The lowest BCUT2D eigenvalue weighted by atomic mass is 9.84. The number of hydrogen-bond acceptors (Lipinski definition) is 2. The monoisotopic (exact) mass is 200 g/mol. The van der Waals surface area contributed by atoms with Crippen molar-refractivity contribution >= 4 is 0 Å². The van der Waals surface area contributed by atoms with Crippen molar-refractivity contribution in [1.29, 1.82) is 5.26 Å². The Hall–Kier alpha value is -1.33. The molecule has 1 aromatic carbocycles. The molecule has 0 bridgehead atoms. The zero-order chi connectivity index (χ0) is 10.7. The SMILES string of the molecule is CC[C@@H]1[C@@H](c2ccccc2)CN[C@@H]1C#N. The Balaban J connectivity index is 2.21. The maximum atomic E-state index is 9.02. The summed E-state index contributed by atoms with van der Waals surface area (Å²) in [5.41, 5.74) is 1.36.